The predicted molar refractivity (Wildman–Crippen MR) is 91.2 cm³/mol. The number of oxazole rings is 1. The van der Waals surface area contributed by atoms with Crippen molar-refractivity contribution in [1.29, 1.82) is 0 Å². The summed E-state index contributed by atoms with van der Waals surface area (Å²) in [5.74, 6) is 1.24. The maximum Gasteiger partial charge on any atom is 0.226 e. The third-order valence-corrected chi connectivity index (χ3v) is 3.89. The van der Waals surface area contributed by atoms with Crippen molar-refractivity contribution in [3.63, 3.8) is 0 Å². The Balaban J connectivity index is 1.90. The van der Waals surface area contributed by atoms with Crippen LogP contribution in [-0.4, -0.2) is 42.0 Å². The van der Waals surface area contributed by atoms with E-state index in [0.29, 0.717) is 23.9 Å². The highest BCUT2D eigenvalue weighted by Gasteiger charge is 2.14. The fourth-order valence-electron chi connectivity index (χ4n) is 2.40. The fraction of sp³-hybridized carbons (Fsp3) is 0.444. The molecule has 0 aliphatic heterocycles. The van der Waals surface area contributed by atoms with Crippen LogP contribution in [0.1, 0.15) is 25.3 Å². The molecule has 23 heavy (non-hydrogen) atoms. The smallest absolute Gasteiger partial charge is 0.226 e. The number of nitrogens with one attached hydrogen (secondary N) is 1. The lowest BCUT2D eigenvalue weighted by Crippen LogP contribution is -2.35. The second-order valence-electron chi connectivity index (χ2n) is 5.44. The maximum absolute atomic E-state index is 12.1. The van der Waals surface area contributed by atoms with Gasteiger partial charge >= 0.3 is 0 Å². The number of carbonyl (C=O) groups excluding carboxylic acids is 1. The first-order chi connectivity index (χ1) is 11.1. The second-order valence-corrected chi connectivity index (χ2v) is 5.44. The lowest BCUT2D eigenvalue weighted by atomic mass is 10.2. The largest absolute Gasteiger partial charge is 0.441 e. The molecule has 0 spiro atoms. The van der Waals surface area contributed by atoms with E-state index in [4.69, 9.17) is 4.42 Å². The highest BCUT2D eigenvalue weighted by Crippen LogP contribution is 2.21. The van der Waals surface area contributed by atoms with Gasteiger partial charge < -0.3 is 14.6 Å². The summed E-state index contributed by atoms with van der Waals surface area (Å²) in [6.07, 6.45) is 0.250. The third kappa shape index (κ3) is 4.93. The highest BCUT2D eigenvalue weighted by molar-refractivity contribution is 5.78. The van der Waals surface area contributed by atoms with Crippen LogP contribution in [0.2, 0.25) is 0 Å². The molecule has 0 aliphatic carbocycles. The van der Waals surface area contributed by atoms with E-state index in [0.717, 1.165) is 25.2 Å². The zero-order valence-electron chi connectivity index (χ0n) is 14.1. The standard InChI is InChI=1S/C18H25N3O2/c1-4-21(5-2)12-11-19-17(22)13-16-14(3)23-18(20-16)15-9-7-6-8-10-15/h6-10H,4-5,11-13H2,1-3H3,(H,19,22). The van der Waals surface area contributed by atoms with Crippen LogP contribution in [-0.2, 0) is 11.2 Å². The van der Waals surface area contributed by atoms with Crippen LogP contribution in [0, 0.1) is 6.92 Å². The summed E-state index contributed by atoms with van der Waals surface area (Å²) in [4.78, 5) is 18.8. The van der Waals surface area contributed by atoms with Crippen molar-refractivity contribution in [1.82, 2.24) is 15.2 Å². The van der Waals surface area contributed by atoms with Crippen molar-refractivity contribution in [2.75, 3.05) is 26.2 Å². The first-order valence-corrected chi connectivity index (χ1v) is 8.14. The number of aromatic nitrogens is 1. The molecule has 2 rings (SSSR count). The van der Waals surface area contributed by atoms with Crippen molar-refractivity contribution in [2.45, 2.75) is 27.2 Å². The van der Waals surface area contributed by atoms with E-state index in [1.807, 2.05) is 37.3 Å². The molecule has 1 aromatic heterocycles. The molecule has 1 N–H and O–H groups in total. The minimum atomic E-state index is -0.0202. The molecule has 0 aliphatic rings. The van der Waals surface area contributed by atoms with Crippen molar-refractivity contribution in [3.8, 4) is 11.5 Å². The van der Waals surface area contributed by atoms with Gasteiger partial charge in [0.05, 0.1) is 12.1 Å². The number of carbonyl (C=O) groups is 1. The molecule has 2 aromatic rings. The Labute approximate surface area is 137 Å². The summed E-state index contributed by atoms with van der Waals surface area (Å²) in [7, 11) is 0. The Morgan fingerprint density at radius 3 is 2.57 bits per heavy atom. The topological polar surface area (TPSA) is 58.4 Å². The van der Waals surface area contributed by atoms with Crippen LogP contribution in [0.3, 0.4) is 0 Å². The lowest BCUT2D eigenvalue weighted by molar-refractivity contribution is -0.120. The van der Waals surface area contributed by atoms with Gasteiger partial charge in [-0.05, 0) is 32.1 Å². The monoisotopic (exact) mass is 315 g/mol. The number of benzene rings is 1. The molecule has 1 heterocycles. The van der Waals surface area contributed by atoms with E-state index in [9.17, 15) is 4.79 Å². The molecular weight excluding hydrogens is 290 g/mol. The number of hydrogen-bond acceptors (Lipinski definition) is 4. The molecule has 5 nitrogen and oxygen atoms in total. The van der Waals surface area contributed by atoms with Crippen LogP contribution < -0.4 is 5.32 Å². The molecule has 0 atom stereocenters. The SMILES string of the molecule is CCN(CC)CCNC(=O)Cc1nc(-c2ccccc2)oc1C. The number of rotatable bonds is 8. The van der Waals surface area contributed by atoms with E-state index in [2.05, 4.69) is 29.0 Å². The average Bonchev–Trinajstić information content (AvgIpc) is 2.93. The van der Waals surface area contributed by atoms with E-state index >= 15 is 0 Å². The molecule has 124 valence electrons. The highest BCUT2D eigenvalue weighted by atomic mass is 16.4. The Morgan fingerprint density at radius 1 is 1.22 bits per heavy atom. The number of nitrogens with zero attached hydrogens (tertiary/aromatic N) is 2. The first-order valence-electron chi connectivity index (χ1n) is 8.14. The Kier molecular flexibility index (Phi) is 6.35. The van der Waals surface area contributed by atoms with Crippen molar-refractivity contribution >= 4 is 5.91 Å². The number of hydrogen-bond donors (Lipinski definition) is 1. The van der Waals surface area contributed by atoms with Gasteiger partial charge in [-0.25, -0.2) is 4.98 Å². The molecule has 0 unspecified atom stereocenters. The summed E-state index contributed by atoms with van der Waals surface area (Å²) < 4.78 is 5.68. The number of amides is 1. The summed E-state index contributed by atoms with van der Waals surface area (Å²) in [5.41, 5.74) is 1.62. The maximum atomic E-state index is 12.1. The van der Waals surface area contributed by atoms with E-state index in [1.54, 1.807) is 0 Å². The molecule has 0 fully saturated rings. The minimum Gasteiger partial charge on any atom is -0.441 e. The molecule has 0 saturated heterocycles. The summed E-state index contributed by atoms with van der Waals surface area (Å²) in [5, 5.41) is 2.94. The normalized spacial score (nSPS) is 11.0. The zero-order valence-corrected chi connectivity index (χ0v) is 14.1. The average molecular weight is 315 g/mol. The van der Waals surface area contributed by atoms with Crippen LogP contribution in [0.4, 0.5) is 0 Å². The first kappa shape index (κ1) is 17.2. The molecule has 1 aromatic carbocycles. The Morgan fingerprint density at radius 2 is 1.91 bits per heavy atom. The number of aryl methyl sites for hydroxylation is 1. The molecule has 5 heteroatoms. The van der Waals surface area contributed by atoms with E-state index < -0.39 is 0 Å². The summed E-state index contributed by atoms with van der Waals surface area (Å²) >= 11 is 0. The molecule has 0 bridgehead atoms. The van der Waals surface area contributed by atoms with Crippen LogP contribution in [0.25, 0.3) is 11.5 Å². The van der Waals surface area contributed by atoms with E-state index in [1.165, 1.54) is 0 Å². The van der Waals surface area contributed by atoms with Gasteiger partial charge in [0.2, 0.25) is 11.8 Å². The van der Waals surface area contributed by atoms with Gasteiger partial charge in [0.1, 0.15) is 5.76 Å². The molecular formula is C18H25N3O2. The zero-order chi connectivity index (χ0) is 16.7. The molecule has 0 radical (unpaired) electrons. The molecule has 0 saturated carbocycles. The van der Waals surface area contributed by atoms with Crippen LogP contribution in [0.15, 0.2) is 34.7 Å². The van der Waals surface area contributed by atoms with Gasteiger partial charge in [-0.3, -0.25) is 4.79 Å². The quantitative estimate of drug-likeness (QED) is 0.813. The lowest BCUT2D eigenvalue weighted by Gasteiger charge is -2.17. The Hall–Kier alpha value is -2.14. The van der Waals surface area contributed by atoms with Gasteiger partial charge in [0, 0.05) is 18.7 Å². The summed E-state index contributed by atoms with van der Waals surface area (Å²) in [6.45, 7) is 9.60. The van der Waals surface area contributed by atoms with Gasteiger partial charge in [0.15, 0.2) is 0 Å². The third-order valence-electron chi connectivity index (χ3n) is 3.89. The van der Waals surface area contributed by atoms with Gasteiger partial charge in [-0.1, -0.05) is 32.0 Å². The Bertz CT molecular complexity index is 618. The summed E-state index contributed by atoms with van der Waals surface area (Å²) in [6, 6.07) is 9.71. The van der Waals surface area contributed by atoms with Crippen LogP contribution in [0.5, 0.6) is 0 Å². The van der Waals surface area contributed by atoms with Gasteiger partial charge in [0.25, 0.3) is 0 Å². The van der Waals surface area contributed by atoms with Crippen molar-refractivity contribution in [3.05, 3.63) is 41.8 Å². The second kappa shape index (κ2) is 8.48. The van der Waals surface area contributed by atoms with Crippen molar-refractivity contribution in [2.24, 2.45) is 0 Å². The van der Waals surface area contributed by atoms with E-state index in [-0.39, 0.29) is 12.3 Å². The predicted octanol–water partition coefficient (Wildman–Crippen LogP) is 2.65. The minimum absolute atomic E-state index is 0.0202. The fourth-order valence-corrected chi connectivity index (χ4v) is 2.40. The van der Waals surface area contributed by atoms with Crippen LogP contribution >= 0.6 is 0 Å². The van der Waals surface area contributed by atoms with Gasteiger partial charge in [-0.15, -0.1) is 0 Å². The van der Waals surface area contributed by atoms with Gasteiger partial charge in [-0.2, -0.15) is 0 Å². The number of likely N-dealkylation sites (N-methyl/N-ethyl adjacent to an activating group) is 1. The molecule has 1 amide bonds. The van der Waals surface area contributed by atoms with Crippen molar-refractivity contribution < 1.29 is 9.21 Å².